The highest BCUT2D eigenvalue weighted by molar-refractivity contribution is 5.73. The second-order valence-corrected chi connectivity index (χ2v) is 6.68. The number of carbonyl (C=O) groups is 1. The first-order valence-electron chi connectivity index (χ1n) is 8.68. The van der Waals surface area contributed by atoms with Crippen molar-refractivity contribution in [1.82, 2.24) is 5.32 Å². The Balaban J connectivity index is 1.54. The fourth-order valence-corrected chi connectivity index (χ4v) is 3.02. The summed E-state index contributed by atoms with van der Waals surface area (Å²) in [5.41, 5.74) is 0.870. The van der Waals surface area contributed by atoms with E-state index in [-0.39, 0.29) is 18.1 Å². The van der Waals surface area contributed by atoms with Gasteiger partial charge in [-0.3, -0.25) is 4.79 Å². The fourth-order valence-electron chi connectivity index (χ4n) is 3.02. The topological polar surface area (TPSA) is 41.6 Å². The van der Waals surface area contributed by atoms with Crippen LogP contribution in [-0.2, 0) is 11.0 Å². The van der Waals surface area contributed by atoms with Crippen molar-refractivity contribution in [3.63, 3.8) is 0 Å². The molecular formula is C20H21F3N2O2. The molecule has 0 spiro atoms. The molecule has 27 heavy (non-hydrogen) atoms. The molecule has 4 nitrogen and oxygen atoms in total. The van der Waals surface area contributed by atoms with E-state index in [9.17, 15) is 18.0 Å². The predicted octanol–water partition coefficient (Wildman–Crippen LogP) is 4.17. The predicted molar refractivity (Wildman–Crippen MR) is 96.7 cm³/mol. The first-order valence-corrected chi connectivity index (χ1v) is 8.68. The van der Waals surface area contributed by atoms with Crippen molar-refractivity contribution in [3.05, 3.63) is 59.7 Å². The van der Waals surface area contributed by atoms with Gasteiger partial charge in [0.2, 0.25) is 5.91 Å². The van der Waals surface area contributed by atoms with Crippen LogP contribution in [-0.4, -0.2) is 25.1 Å². The summed E-state index contributed by atoms with van der Waals surface area (Å²) in [6.45, 7) is 4.44. The molecule has 1 atom stereocenters. The van der Waals surface area contributed by atoms with Gasteiger partial charge in [0.05, 0.1) is 24.7 Å². The van der Waals surface area contributed by atoms with Crippen molar-refractivity contribution in [3.8, 4) is 5.75 Å². The van der Waals surface area contributed by atoms with E-state index in [1.807, 2.05) is 36.1 Å². The summed E-state index contributed by atoms with van der Waals surface area (Å²) in [5, 5.41) is 2.81. The number of alkyl halides is 3. The van der Waals surface area contributed by atoms with Crippen LogP contribution < -0.4 is 15.0 Å². The Morgan fingerprint density at radius 3 is 2.44 bits per heavy atom. The van der Waals surface area contributed by atoms with E-state index in [0.717, 1.165) is 17.7 Å². The van der Waals surface area contributed by atoms with Crippen LogP contribution in [0.15, 0.2) is 48.5 Å². The van der Waals surface area contributed by atoms with Gasteiger partial charge in [-0.05, 0) is 42.8 Å². The molecule has 1 aliphatic heterocycles. The van der Waals surface area contributed by atoms with Gasteiger partial charge in [0.15, 0.2) is 0 Å². The summed E-state index contributed by atoms with van der Waals surface area (Å²) in [5.74, 6) is 0.606. The molecular weight excluding hydrogens is 357 g/mol. The molecule has 1 fully saturated rings. The molecule has 1 saturated heterocycles. The van der Waals surface area contributed by atoms with E-state index in [2.05, 4.69) is 5.32 Å². The summed E-state index contributed by atoms with van der Waals surface area (Å²) < 4.78 is 44.3. The van der Waals surface area contributed by atoms with E-state index >= 15 is 0 Å². The van der Waals surface area contributed by atoms with E-state index < -0.39 is 11.7 Å². The Morgan fingerprint density at radius 2 is 1.85 bits per heavy atom. The first-order chi connectivity index (χ1) is 12.7. The molecule has 0 bridgehead atoms. The maximum atomic E-state index is 12.8. The van der Waals surface area contributed by atoms with Gasteiger partial charge >= 0.3 is 6.18 Å². The molecule has 1 amide bonds. The number of hydrogen-bond acceptors (Lipinski definition) is 3. The molecule has 144 valence electrons. The highest BCUT2D eigenvalue weighted by Crippen LogP contribution is 2.33. The van der Waals surface area contributed by atoms with Crippen LogP contribution in [0.4, 0.5) is 18.9 Å². The second-order valence-electron chi connectivity index (χ2n) is 6.68. The maximum absolute atomic E-state index is 12.8. The van der Waals surface area contributed by atoms with Crippen LogP contribution in [0.1, 0.15) is 31.0 Å². The van der Waals surface area contributed by atoms with Crippen molar-refractivity contribution in [2.24, 2.45) is 0 Å². The van der Waals surface area contributed by atoms with Crippen molar-refractivity contribution in [2.75, 3.05) is 18.0 Å². The monoisotopic (exact) mass is 378 g/mol. The number of carbonyl (C=O) groups excluding carboxylic acids is 1. The molecule has 1 aliphatic rings. The number of hydrogen-bond donors (Lipinski definition) is 1. The Hall–Kier alpha value is -2.70. The van der Waals surface area contributed by atoms with E-state index in [4.69, 9.17) is 4.74 Å². The number of rotatable bonds is 5. The van der Waals surface area contributed by atoms with Crippen molar-refractivity contribution < 1.29 is 22.7 Å². The molecule has 1 N–H and O–H groups in total. The average Bonchev–Trinajstić information content (AvgIpc) is 2.57. The highest BCUT2D eigenvalue weighted by atomic mass is 19.4. The van der Waals surface area contributed by atoms with Gasteiger partial charge < -0.3 is 15.0 Å². The van der Waals surface area contributed by atoms with E-state index in [0.29, 0.717) is 24.5 Å². The molecule has 0 aromatic heterocycles. The lowest BCUT2D eigenvalue weighted by Crippen LogP contribution is -2.54. The Morgan fingerprint density at radius 1 is 1.19 bits per heavy atom. The third-order valence-corrected chi connectivity index (χ3v) is 4.49. The fraction of sp³-hybridized carbons (Fsp3) is 0.350. The Kier molecular flexibility index (Phi) is 5.30. The largest absolute Gasteiger partial charge is 0.487 e. The zero-order valence-electron chi connectivity index (χ0n) is 15.1. The Bertz CT molecular complexity index is 800. The molecule has 1 heterocycles. The number of ether oxygens (including phenoxy) is 1. The third-order valence-electron chi connectivity index (χ3n) is 4.49. The molecule has 2 aromatic carbocycles. The number of halogens is 3. The zero-order chi connectivity index (χ0) is 19.6. The van der Waals surface area contributed by atoms with E-state index in [1.54, 1.807) is 6.07 Å². The standard InChI is InChI=1S/C20H21F3N2O2/c1-13(24-14(2)26)15-6-8-18(9-7-15)27-19-11-25(12-19)17-5-3-4-16(10-17)20(21,22)23/h3-10,13,19H,11-12H2,1-2H3,(H,24,26)/t13-/m0/s1. The Labute approximate surface area is 155 Å². The van der Waals surface area contributed by atoms with Crippen LogP contribution in [0, 0.1) is 0 Å². The van der Waals surface area contributed by atoms with Crippen LogP contribution in [0.2, 0.25) is 0 Å². The normalized spacial score (nSPS) is 15.8. The lowest BCUT2D eigenvalue weighted by atomic mass is 10.1. The number of nitrogens with zero attached hydrogens (tertiary/aromatic N) is 1. The van der Waals surface area contributed by atoms with Crippen molar-refractivity contribution in [2.45, 2.75) is 32.2 Å². The maximum Gasteiger partial charge on any atom is 0.416 e. The van der Waals surface area contributed by atoms with Gasteiger partial charge in [0.25, 0.3) is 0 Å². The number of nitrogens with one attached hydrogen (secondary N) is 1. The first kappa shape index (κ1) is 19.1. The van der Waals surface area contributed by atoms with Crippen LogP contribution in [0.3, 0.4) is 0 Å². The molecule has 7 heteroatoms. The van der Waals surface area contributed by atoms with Crippen molar-refractivity contribution >= 4 is 11.6 Å². The third kappa shape index (κ3) is 4.72. The van der Waals surface area contributed by atoms with E-state index in [1.165, 1.54) is 13.0 Å². The summed E-state index contributed by atoms with van der Waals surface area (Å²) in [6.07, 6.45) is -4.41. The molecule has 3 rings (SSSR count). The van der Waals surface area contributed by atoms with Gasteiger partial charge in [-0.1, -0.05) is 18.2 Å². The van der Waals surface area contributed by atoms with Gasteiger partial charge in [0.1, 0.15) is 11.9 Å². The number of amides is 1. The summed E-state index contributed by atoms with van der Waals surface area (Å²) in [7, 11) is 0. The molecule has 0 saturated carbocycles. The molecule has 0 aliphatic carbocycles. The van der Waals surface area contributed by atoms with Crippen LogP contribution >= 0.6 is 0 Å². The lowest BCUT2D eigenvalue weighted by Gasteiger charge is -2.40. The molecule has 2 aromatic rings. The van der Waals surface area contributed by atoms with Gasteiger partial charge in [-0.25, -0.2) is 0 Å². The molecule has 0 radical (unpaired) electrons. The SMILES string of the molecule is CC(=O)N[C@@H](C)c1ccc(OC2CN(c3cccc(C(F)(F)F)c3)C2)cc1. The van der Waals surface area contributed by atoms with Gasteiger partial charge in [0, 0.05) is 12.6 Å². The van der Waals surface area contributed by atoms with Crippen molar-refractivity contribution in [1.29, 1.82) is 0 Å². The summed E-state index contributed by atoms with van der Waals surface area (Å²) in [4.78, 5) is 13.0. The minimum absolute atomic E-state index is 0.0711. The lowest BCUT2D eigenvalue weighted by molar-refractivity contribution is -0.137. The van der Waals surface area contributed by atoms with Crippen LogP contribution in [0.5, 0.6) is 5.75 Å². The van der Waals surface area contributed by atoms with Crippen LogP contribution in [0.25, 0.3) is 0 Å². The number of anilines is 1. The quantitative estimate of drug-likeness (QED) is 0.849. The molecule has 0 unspecified atom stereocenters. The number of benzene rings is 2. The average molecular weight is 378 g/mol. The minimum atomic E-state index is -4.34. The van der Waals surface area contributed by atoms with Gasteiger partial charge in [-0.2, -0.15) is 13.2 Å². The minimum Gasteiger partial charge on any atom is -0.487 e. The summed E-state index contributed by atoms with van der Waals surface area (Å²) in [6, 6.07) is 12.7. The second kappa shape index (κ2) is 7.50. The van der Waals surface area contributed by atoms with Gasteiger partial charge in [-0.15, -0.1) is 0 Å². The smallest absolute Gasteiger partial charge is 0.416 e. The summed E-state index contributed by atoms with van der Waals surface area (Å²) >= 11 is 0. The zero-order valence-corrected chi connectivity index (χ0v) is 15.1. The highest BCUT2D eigenvalue weighted by Gasteiger charge is 2.33.